The average Bonchev–Trinajstić information content (AvgIpc) is 2.66. The van der Waals surface area contributed by atoms with Gasteiger partial charge in [-0.2, -0.15) is 0 Å². The lowest BCUT2D eigenvalue weighted by Gasteiger charge is -2.17. The summed E-state index contributed by atoms with van der Waals surface area (Å²) in [5.41, 5.74) is 1.08. The van der Waals surface area contributed by atoms with E-state index in [0.717, 1.165) is 23.7 Å². The summed E-state index contributed by atoms with van der Waals surface area (Å²) in [6.07, 6.45) is 5.29. The Kier molecular flexibility index (Phi) is 3.49. The zero-order valence-corrected chi connectivity index (χ0v) is 9.88. The van der Waals surface area contributed by atoms with Gasteiger partial charge in [-0.25, -0.2) is 4.98 Å². The predicted molar refractivity (Wildman–Crippen MR) is 63.5 cm³/mol. The predicted octanol–water partition coefficient (Wildman–Crippen LogP) is 2.39. The van der Waals surface area contributed by atoms with Crippen molar-refractivity contribution in [2.75, 3.05) is 18.2 Å². The fourth-order valence-electron chi connectivity index (χ4n) is 1.72. The van der Waals surface area contributed by atoms with Gasteiger partial charge in [-0.05, 0) is 31.7 Å². The molecular formula is C11H16N2OS. The summed E-state index contributed by atoms with van der Waals surface area (Å²) in [6, 6.07) is 4.53. The highest BCUT2D eigenvalue weighted by Gasteiger charge is 2.23. The Morgan fingerprint density at radius 3 is 2.93 bits per heavy atom. The van der Waals surface area contributed by atoms with Gasteiger partial charge in [0, 0.05) is 6.61 Å². The summed E-state index contributed by atoms with van der Waals surface area (Å²) in [5, 5.41) is 4.50. The molecule has 0 aromatic carbocycles. The first-order valence-electron chi connectivity index (χ1n) is 5.18. The quantitative estimate of drug-likeness (QED) is 0.799. The first kappa shape index (κ1) is 10.8. The maximum atomic E-state index is 5.50. The third-order valence-corrected chi connectivity index (χ3v) is 3.33. The van der Waals surface area contributed by atoms with Gasteiger partial charge in [-0.15, -0.1) is 11.8 Å². The Morgan fingerprint density at radius 2 is 2.40 bits per heavy atom. The number of hydrogen-bond acceptors (Lipinski definition) is 4. The van der Waals surface area contributed by atoms with Crippen LogP contribution in [0.1, 0.15) is 13.3 Å². The molecule has 0 bridgehead atoms. The summed E-state index contributed by atoms with van der Waals surface area (Å²) < 4.78 is 5.50. The number of aromatic nitrogens is 1. The topological polar surface area (TPSA) is 34.1 Å². The van der Waals surface area contributed by atoms with Crippen LogP contribution >= 0.6 is 11.8 Å². The van der Waals surface area contributed by atoms with E-state index >= 15 is 0 Å². The van der Waals surface area contributed by atoms with Gasteiger partial charge in [0.05, 0.1) is 29.1 Å². The van der Waals surface area contributed by atoms with Gasteiger partial charge in [-0.1, -0.05) is 0 Å². The van der Waals surface area contributed by atoms with E-state index in [-0.39, 0.29) is 0 Å². The van der Waals surface area contributed by atoms with E-state index in [4.69, 9.17) is 4.74 Å². The number of nitrogens with one attached hydrogen (secondary N) is 1. The van der Waals surface area contributed by atoms with E-state index in [1.54, 1.807) is 11.8 Å². The molecule has 0 radical (unpaired) electrons. The van der Waals surface area contributed by atoms with Crippen molar-refractivity contribution in [1.29, 1.82) is 0 Å². The van der Waals surface area contributed by atoms with Crippen LogP contribution in [-0.4, -0.2) is 30.0 Å². The standard InChI is InChI=1S/C11H16N2OS/c1-8-10(5-6-14-8)13-9-3-4-11(15-2)12-7-9/h3-4,7-8,10,13H,5-6H2,1-2H3. The zero-order chi connectivity index (χ0) is 10.7. The van der Waals surface area contributed by atoms with Gasteiger partial charge in [0.2, 0.25) is 0 Å². The molecule has 2 heterocycles. The average molecular weight is 224 g/mol. The number of pyridine rings is 1. The maximum absolute atomic E-state index is 5.50. The third-order valence-electron chi connectivity index (χ3n) is 2.67. The molecule has 1 N–H and O–H groups in total. The first-order valence-corrected chi connectivity index (χ1v) is 6.40. The molecule has 1 aromatic rings. The Hall–Kier alpha value is -0.740. The largest absolute Gasteiger partial charge is 0.378 e. The lowest BCUT2D eigenvalue weighted by atomic mass is 10.1. The molecule has 1 aliphatic rings. The van der Waals surface area contributed by atoms with Crippen molar-refractivity contribution in [3.05, 3.63) is 18.3 Å². The van der Waals surface area contributed by atoms with Gasteiger partial charge >= 0.3 is 0 Å². The highest BCUT2D eigenvalue weighted by molar-refractivity contribution is 7.98. The Morgan fingerprint density at radius 1 is 1.53 bits per heavy atom. The number of hydrogen-bond donors (Lipinski definition) is 1. The summed E-state index contributed by atoms with van der Waals surface area (Å²) >= 11 is 1.66. The monoisotopic (exact) mass is 224 g/mol. The van der Waals surface area contributed by atoms with Gasteiger partial charge in [0.25, 0.3) is 0 Å². The van der Waals surface area contributed by atoms with Crippen LogP contribution in [0.4, 0.5) is 5.69 Å². The van der Waals surface area contributed by atoms with Crippen molar-refractivity contribution in [3.8, 4) is 0 Å². The highest BCUT2D eigenvalue weighted by Crippen LogP contribution is 2.19. The maximum Gasteiger partial charge on any atom is 0.0958 e. The number of rotatable bonds is 3. The van der Waals surface area contributed by atoms with Crippen molar-refractivity contribution in [3.63, 3.8) is 0 Å². The second-order valence-corrected chi connectivity index (χ2v) is 4.53. The molecule has 4 heteroatoms. The molecule has 0 spiro atoms. The van der Waals surface area contributed by atoms with Gasteiger partial charge in [-0.3, -0.25) is 0 Å². The molecule has 82 valence electrons. The van der Waals surface area contributed by atoms with Crippen molar-refractivity contribution < 1.29 is 4.74 Å². The van der Waals surface area contributed by atoms with Crippen LogP contribution in [0.15, 0.2) is 23.4 Å². The molecule has 1 fully saturated rings. The minimum Gasteiger partial charge on any atom is -0.378 e. The molecule has 1 aliphatic heterocycles. The summed E-state index contributed by atoms with van der Waals surface area (Å²) in [4.78, 5) is 4.32. The SMILES string of the molecule is CSc1ccc(NC2CCOC2C)cn1. The van der Waals surface area contributed by atoms with E-state index in [1.165, 1.54) is 0 Å². The van der Waals surface area contributed by atoms with Crippen LogP contribution in [0.2, 0.25) is 0 Å². The lowest BCUT2D eigenvalue weighted by Crippen LogP contribution is -2.26. The number of thioether (sulfide) groups is 1. The number of ether oxygens (including phenoxy) is 1. The van der Waals surface area contributed by atoms with Crippen molar-refractivity contribution in [2.24, 2.45) is 0 Å². The molecular weight excluding hydrogens is 208 g/mol. The van der Waals surface area contributed by atoms with Crippen molar-refractivity contribution in [2.45, 2.75) is 30.5 Å². The fourth-order valence-corrected chi connectivity index (χ4v) is 2.08. The second-order valence-electron chi connectivity index (χ2n) is 3.70. The number of nitrogens with zero attached hydrogens (tertiary/aromatic N) is 1. The Bertz CT molecular complexity index is 315. The molecule has 0 saturated carbocycles. The summed E-state index contributed by atoms with van der Waals surface area (Å²) in [5.74, 6) is 0. The summed E-state index contributed by atoms with van der Waals surface area (Å²) in [7, 11) is 0. The zero-order valence-electron chi connectivity index (χ0n) is 9.06. The fraction of sp³-hybridized carbons (Fsp3) is 0.545. The normalized spacial score (nSPS) is 25.5. The third kappa shape index (κ3) is 2.63. The molecule has 2 atom stereocenters. The van der Waals surface area contributed by atoms with E-state index in [0.29, 0.717) is 12.1 Å². The minimum atomic E-state index is 0.297. The molecule has 1 saturated heterocycles. The lowest BCUT2D eigenvalue weighted by molar-refractivity contribution is 0.121. The van der Waals surface area contributed by atoms with Crippen LogP contribution in [0.25, 0.3) is 0 Å². The van der Waals surface area contributed by atoms with Gasteiger partial charge in [0.15, 0.2) is 0 Å². The minimum absolute atomic E-state index is 0.297. The molecule has 3 nitrogen and oxygen atoms in total. The smallest absolute Gasteiger partial charge is 0.0958 e. The Labute approximate surface area is 94.6 Å². The van der Waals surface area contributed by atoms with Crippen LogP contribution < -0.4 is 5.32 Å². The van der Waals surface area contributed by atoms with Crippen LogP contribution in [0.5, 0.6) is 0 Å². The molecule has 0 aliphatic carbocycles. The first-order chi connectivity index (χ1) is 7.29. The molecule has 15 heavy (non-hydrogen) atoms. The summed E-state index contributed by atoms with van der Waals surface area (Å²) in [6.45, 7) is 2.96. The highest BCUT2D eigenvalue weighted by atomic mass is 32.2. The van der Waals surface area contributed by atoms with E-state index < -0.39 is 0 Å². The molecule has 2 unspecified atom stereocenters. The Balaban J connectivity index is 1.98. The van der Waals surface area contributed by atoms with E-state index in [9.17, 15) is 0 Å². The van der Waals surface area contributed by atoms with Crippen molar-refractivity contribution in [1.82, 2.24) is 4.98 Å². The van der Waals surface area contributed by atoms with E-state index in [1.807, 2.05) is 18.5 Å². The molecule has 2 rings (SSSR count). The van der Waals surface area contributed by atoms with E-state index in [2.05, 4.69) is 23.3 Å². The van der Waals surface area contributed by atoms with Crippen LogP contribution in [0.3, 0.4) is 0 Å². The second kappa shape index (κ2) is 4.86. The number of anilines is 1. The van der Waals surface area contributed by atoms with Crippen molar-refractivity contribution >= 4 is 17.4 Å². The van der Waals surface area contributed by atoms with Crippen LogP contribution in [-0.2, 0) is 4.74 Å². The molecule has 0 amide bonds. The molecule has 1 aromatic heterocycles. The van der Waals surface area contributed by atoms with Crippen LogP contribution in [0, 0.1) is 0 Å². The van der Waals surface area contributed by atoms with Gasteiger partial charge < -0.3 is 10.1 Å². The van der Waals surface area contributed by atoms with Gasteiger partial charge in [0.1, 0.15) is 0 Å².